The van der Waals surface area contributed by atoms with Gasteiger partial charge in [0.25, 0.3) is 0 Å². The van der Waals surface area contributed by atoms with Gasteiger partial charge >= 0.3 is 6.03 Å². The number of nitrogens with one attached hydrogen (secondary N) is 2. The SMILES string of the molecule is COCc1cc(CNC(=O)NCCC(C)O)ccc1F. The van der Waals surface area contributed by atoms with Crippen LogP contribution >= 0.6 is 0 Å². The van der Waals surface area contributed by atoms with E-state index in [1.807, 2.05) is 0 Å². The first-order valence-electron chi connectivity index (χ1n) is 6.49. The molecule has 1 aromatic carbocycles. The lowest BCUT2D eigenvalue weighted by atomic mass is 10.1. The van der Waals surface area contributed by atoms with Gasteiger partial charge in [-0.05, 0) is 31.0 Å². The molecule has 0 radical (unpaired) electrons. The summed E-state index contributed by atoms with van der Waals surface area (Å²) in [5.74, 6) is -0.322. The summed E-state index contributed by atoms with van der Waals surface area (Å²) in [6, 6.07) is 4.32. The van der Waals surface area contributed by atoms with Gasteiger partial charge in [-0.3, -0.25) is 0 Å². The standard InChI is InChI=1S/C14H21FN2O3/c1-10(18)5-6-16-14(19)17-8-11-3-4-13(15)12(7-11)9-20-2/h3-4,7,10,18H,5-6,8-9H2,1-2H3,(H2,16,17,19). The normalized spacial score (nSPS) is 12.0. The van der Waals surface area contributed by atoms with E-state index in [-0.39, 0.29) is 18.5 Å². The number of benzene rings is 1. The lowest BCUT2D eigenvalue weighted by Crippen LogP contribution is -2.36. The van der Waals surface area contributed by atoms with Crippen molar-refractivity contribution in [2.24, 2.45) is 0 Å². The first kappa shape index (κ1) is 16.4. The van der Waals surface area contributed by atoms with Crippen molar-refractivity contribution in [1.82, 2.24) is 10.6 Å². The minimum absolute atomic E-state index is 0.195. The Hall–Kier alpha value is -1.66. The van der Waals surface area contributed by atoms with Gasteiger partial charge in [0.05, 0.1) is 12.7 Å². The molecule has 1 unspecified atom stereocenters. The van der Waals surface area contributed by atoms with Crippen molar-refractivity contribution in [3.63, 3.8) is 0 Å². The second kappa shape index (κ2) is 8.50. The lowest BCUT2D eigenvalue weighted by molar-refractivity contribution is 0.181. The topological polar surface area (TPSA) is 70.6 Å². The van der Waals surface area contributed by atoms with Crippen LogP contribution in [-0.2, 0) is 17.9 Å². The predicted molar refractivity (Wildman–Crippen MR) is 73.6 cm³/mol. The highest BCUT2D eigenvalue weighted by Crippen LogP contribution is 2.11. The molecule has 2 amide bonds. The van der Waals surface area contributed by atoms with Gasteiger partial charge in [-0.1, -0.05) is 6.07 Å². The Balaban J connectivity index is 2.41. The van der Waals surface area contributed by atoms with Gasteiger partial charge in [-0.25, -0.2) is 9.18 Å². The number of carbonyl (C=O) groups excluding carboxylic acids is 1. The third-order valence-corrected chi connectivity index (χ3v) is 2.71. The van der Waals surface area contributed by atoms with Crippen molar-refractivity contribution in [1.29, 1.82) is 0 Å². The molecule has 0 saturated carbocycles. The fourth-order valence-corrected chi connectivity index (χ4v) is 1.64. The number of halogens is 1. The maximum atomic E-state index is 13.4. The van der Waals surface area contributed by atoms with E-state index in [2.05, 4.69) is 10.6 Å². The molecule has 0 spiro atoms. The van der Waals surface area contributed by atoms with Crippen molar-refractivity contribution in [2.75, 3.05) is 13.7 Å². The fourth-order valence-electron chi connectivity index (χ4n) is 1.64. The van der Waals surface area contributed by atoms with Crippen LogP contribution in [0.4, 0.5) is 9.18 Å². The van der Waals surface area contributed by atoms with Gasteiger partial charge in [0.1, 0.15) is 5.82 Å². The zero-order valence-corrected chi connectivity index (χ0v) is 11.8. The summed E-state index contributed by atoms with van der Waals surface area (Å²) >= 11 is 0. The Kier molecular flexibility index (Phi) is 6.97. The van der Waals surface area contributed by atoms with E-state index in [1.54, 1.807) is 19.1 Å². The quantitative estimate of drug-likeness (QED) is 0.711. The van der Waals surface area contributed by atoms with E-state index >= 15 is 0 Å². The molecule has 0 fully saturated rings. The molecule has 6 heteroatoms. The second-order valence-corrected chi connectivity index (χ2v) is 4.61. The minimum Gasteiger partial charge on any atom is -0.393 e. The smallest absolute Gasteiger partial charge is 0.315 e. The Bertz CT molecular complexity index is 438. The monoisotopic (exact) mass is 284 g/mol. The number of hydrogen-bond donors (Lipinski definition) is 3. The summed E-state index contributed by atoms with van der Waals surface area (Å²) in [4.78, 5) is 11.5. The lowest BCUT2D eigenvalue weighted by Gasteiger charge is -2.10. The van der Waals surface area contributed by atoms with Crippen molar-refractivity contribution >= 4 is 6.03 Å². The summed E-state index contributed by atoms with van der Waals surface area (Å²) < 4.78 is 18.3. The molecule has 0 aliphatic heterocycles. The van der Waals surface area contributed by atoms with Crippen molar-refractivity contribution in [3.05, 3.63) is 35.1 Å². The highest BCUT2D eigenvalue weighted by molar-refractivity contribution is 5.73. The first-order valence-corrected chi connectivity index (χ1v) is 6.49. The Morgan fingerprint density at radius 1 is 1.45 bits per heavy atom. The summed E-state index contributed by atoms with van der Waals surface area (Å²) in [6.07, 6.45) is 0.0612. The molecule has 0 heterocycles. The molecule has 1 aromatic rings. The van der Waals surface area contributed by atoms with Crippen LogP contribution in [-0.4, -0.2) is 30.9 Å². The van der Waals surface area contributed by atoms with Crippen LogP contribution in [0.3, 0.4) is 0 Å². The molecule has 112 valence electrons. The van der Waals surface area contributed by atoms with E-state index in [0.717, 1.165) is 5.56 Å². The van der Waals surface area contributed by atoms with Crippen LogP contribution in [0.5, 0.6) is 0 Å². The number of rotatable bonds is 7. The average Bonchev–Trinajstić information content (AvgIpc) is 2.39. The van der Waals surface area contributed by atoms with Crippen LogP contribution in [0.2, 0.25) is 0 Å². The number of aliphatic hydroxyl groups is 1. The van der Waals surface area contributed by atoms with Crippen LogP contribution < -0.4 is 10.6 Å². The molecular weight excluding hydrogens is 263 g/mol. The van der Waals surface area contributed by atoms with E-state index in [0.29, 0.717) is 25.1 Å². The third kappa shape index (κ3) is 5.99. The Morgan fingerprint density at radius 3 is 2.85 bits per heavy atom. The molecule has 5 nitrogen and oxygen atoms in total. The molecule has 3 N–H and O–H groups in total. The molecule has 0 aliphatic rings. The highest BCUT2D eigenvalue weighted by atomic mass is 19.1. The molecule has 1 atom stereocenters. The zero-order valence-electron chi connectivity index (χ0n) is 11.8. The van der Waals surface area contributed by atoms with Crippen LogP contribution in [0.25, 0.3) is 0 Å². The Labute approximate surface area is 118 Å². The molecule has 1 rings (SSSR count). The molecule has 0 aromatic heterocycles. The van der Waals surface area contributed by atoms with Gasteiger partial charge in [0.2, 0.25) is 0 Å². The van der Waals surface area contributed by atoms with Crippen molar-refractivity contribution in [2.45, 2.75) is 32.6 Å². The van der Waals surface area contributed by atoms with Gasteiger partial charge < -0.3 is 20.5 Å². The fraction of sp³-hybridized carbons (Fsp3) is 0.500. The maximum Gasteiger partial charge on any atom is 0.315 e. The maximum absolute atomic E-state index is 13.4. The van der Waals surface area contributed by atoms with Gasteiger partial charge in [0.15, 0.2) is 0 Å². The Morgan fingerprint density at radius 2 is 2.20 bits per heavy atom. The van der Waals surface area contributed by atoms with Crippen LogP contribution in [0.15, 0.2) is 18.2 Å². The zero-order chi connectivity index (χ0) is 15.0. The number of aliphatic hydroxyl groups excluding tert-OH is 1. The number of methoxy groups -OCH3 is 1. The number of ether oxygens (including phenoxy) is 1. The molecular formula is C14H21FN2O3. The average molecular weight is 284 g/mol. The number of amides is 2. The van der Waals surface area contributed by atoms with Gasteiger partial charge in [-0.15, -0.1) is 0 Å². The summed E-state index contributed by atoms with van der Waals surface area (Å²) in [5.41, 5.74) is 1.26. The highest BCUT2D eigenvalue weighted by Gasteiger charge is 2.05. The summed E-state index contributed by atoms with van der Waals surface area (Å²) in [6.45, 7) is 2.56. The van der Waals surface area contributed by atoms with Gasteiger partial charge in [-0.2, -0.15) is 0 Å². The van der Waals surface area contributed by atoms with E-state index in [4.69, 9.17) is 9.84 Å². The molecule has 0 aliphatic carbocycles. The number of hydrogen-bond acceptors (Lipinski definition) is 3. The molecule has 0 saturated heterocycles. The largest absolute Gasteiger partial charge is 0.393 e. The summed E-state index contributed by atoms with van der Waals surface area (Å²) in [5, 5.41) is 14.4. The van der Waals surface area contributed by atoms with E-state index < -0.39 is 6.10 Å². The van der Waals surface area contributed by atoms with E-state index in [9.17, 15) is 9.18 Å². The van der Waals surface area contributed by atoms with Crippen molar-refractivity contribution in [3.8, 4) is 0 Å². The minimum atomic E-state index is -0.441. The van der Waals surface area contributed by atoms with Crippen LogP contribution in [0, 0.1) is 5.82 Å². The second-order valence-electron chi connectivity index (χ2n) is 4.61. The number of urea groups is 1. The predicted octanol–water partition coefficient (Wildman–Crippen LogP) is 1.54. The summed E-state index contributed by atoms with van der Waals surface area (Å²) in [7, 11) is 1.50. The van der Waals surface area contributed by atoms with Crippen LogP contribution in [0.1, 0.15) is 24.5 Å². The van der Waals surface area contributed by atoms with Crippen molar-refractivity contribution < 1.29 is 19.0 Å². The first-order chi connectivity index (χ1) is 9.52. The molecule has 20 heavy (non-hydrogen) atoms. The van der Waals surface area contributed by atoms with E-state index in [1.165, 1.54) is 13.2 Å². The third-order valence-electron chi connectivity index (χ3n) is 2.71. The molecule has 0 bridgehead atoms. The van der Waals surface area contributed by atoms with Gasteiger partial charge in [0, 0.05) is 25.8 Å². The number of carbonyl (C=O) groups is 1.